The average molecular weight is 527 g/mol. The summed E-state index contributed by atoms with van der Waals surface area (Å²) in [6.45, 7) is 8.39. The minimum absolute atomic E-state index is 0.443. The van der Waals surface area contributed by atoms with Gasteiger partial charge in [0, 0.05) is 66.9 Å². The first kappa shape index (κ1) is 24.5. The van der Waals surface area contributed by atoms with Crippen molar-refractivity contribution in [1.82, 2.24) is 19.9 Å². The molecule has 4 aromatic rings. The molecule has 2 fully saturated rings. The average Bonchev–Trinajstić information content (AvgIpc) is 3.72. The zero-order valence-corrected chi connectivity index (χ0v) is 22.2. The lowest BCUT2D eigenvalue weighted by molar-refractivity contribution is 0.271. The fourth-order valence-corrected chi connectivity index (χ4v) is 5.25. The first-order chi connectivity index (χ1) is 18.6. The molecule has 1 saturated carbocycles. The summed E-state index contributed by atoms with van der Waals surface area (Å²) in [6, 6.07) is 16.8. The number of nitrogens with zero attached hydrogens (tertiary/aromatic N) is 6. The molecule has 1 saturated heterocycles. The van der Waals surface area contributed by atoms with E-state index in [1.54, 1.807) is 12.4 Å². The molecule has 1 aliphatic heterocycles. The van der Waals surface area contributed by atoms with Crippen molar-refractivity contribution in [2.45, 2.75) is 19.8 Å². The van der Waals surface area contributed by atoms with Gasteiger partial charge in [0.2, 0.25) is 5.95 Å². The minimum atomic E-state index is 0.443. The van der Waals surface area contributed by atoms with Crippen LogP contribution in [0.4, 0.5) is 28.8 Å². The molecule has 0 bridgehead atoms. The minimum Gasteiger partial charge on any atom is -0.369 e. The molecule has 9 heteroatoms. The highest BCUT2D eigenvalue weighted by atomic mass is 35.5. The maximum atomic E-state index is 9.90. The van der Waals surface area contributed by atoms with Crippen molar-refractivity contribution in [2.75, 3.05) is 54.4 Å². The Kier molecular flexibility index (Phi) is 6.79. The van der Waals surface area contributed by atoms with E-state index in [4.69, 9.17) is 16.6 Å². The number of rotatable bonds is 8. The van der Waals surface area contributed by atoms with Gasteiger partial charge >= 0.3 is 0 Å². The second-order valence-electron chi connectivity index (χ2n) is 10.1. The number of likely N-dealkylation sites (N-methyl/N-ethyl adjacent to an activating group) is 1. The summed E-state index contributed by atoms with van der Waals surface area (Å²) >= 11 is 6.42. The van der Waals surface area contributed by atoms with Crippen LogP contribution in [0.1, 0.15) is 25.3 Å². The highest BCUT2D eigenvalue weighted by Gasteiger charge is 2.28. The molecule has 0 radical (unpaired) electrons. The van der Waals surface area contributed by atoms with Gasteiger partial charge in [0.25, 0.3) is 0 Å². The number of benzene rings is 2. The molecule has 6 rings (SSSR count). The van der Waals surface area contributed by atoms with E-state index in [9.17, 15) is 5.26 Å². The van der Waals surface area contributed by atoms with Crippen molar-refractivity contribution in [2.24, 2.45) is 5.92 Å². The van der Waals surface area contributed by atoms with Crippen LogP contribution in [0.25, 0.3) is 10.9 Å². The molecule has 2 aromatic heterocycles. The molecular weight excluding hydrogens is 496 g/mol. The van der Waals surface area contributed by atoms with Crippen molar-refractivity contribution in [3.8, 4) is 6.07 Å². The highest BCUT2D eigenvalue weighted by molar-refractivity contribution is 6.35. The Labute approximate surface area is 227 Å². The van der Waals surface area contributed by atoms with Crippen LogP contribution in [0.5, 0.6) is 0 Å². The van der Waals surface area contributed by atoms with Crippen LogP contribution in [-0.4, -0.2) is 59.1 Å². The molecular formula is C29H31ClN8. The normalized spacial score (nSPS) is 16.0. The Morgan fingerprint density at radius 2 is 1.92 bits per heavy atom. The van der Waals surface area contributed by atoms with Crippen LogP contribution < -0.4 is 15.1 Å². The Hall–Kier alpha value is -3.80. The van der Waals surface area contributed by atoms with Crippen LogP contribution in [-0.2, 0) is 0 Å². The lowest BCUT2D eigenvalue weighted by Crippen LogP contribution is -2.46. The number of H-pyrrole nitrogens is 1. The van der Waals surface area contributed by atoms with Gasteiger partial charge in [-0.05, 0) is 67.8 Å². The van der Waals surface area contributed by atoms with Gasteiger partial charge in [-0.15, -0.1) is 0 Å². The molecule has 2 N–H and O–H groups in total. The number of halogens is 1. The van der Waals surface area contributed by atoms with Gasteiger partial charge in [-0.2, -0.15) is 10.2 Å². The lowest BCUT2D eigenvalue weighted by atomic mass is 10.2. The van der Waals surface area contributed by atoms with Gasteiger partial charge in [-0.3, -0.25) is 0 Å². The van der Waals surface area contributed by atoms with Gasteiger partial charge in [-0.25, -0.2) is 4.98 Å². The number of aromatic nitrogens is 3. The van der Waals surface area contributed by atoms with Crippen molar-refractivity contribution < 1.29 is 0 Å². The predicted octanol–water partition coefficient (Wildman–Crippen LogP) is 5.92. The van der Waals surface area contributed by atoms with E-state index >= 15 is 0 Å². The third-order valence-corrected chi connectivity index (χ3v) is 7.83. The number of hydrogen-bond acceptors (Lipinski definition) is 7. The second-order valence-corrected chi connectivity index (χ2v) is 10.5. The number of nitrogens with one attached hydrogen (secondary N) is 2. The van der Waals surface area contributed by atoms with E-state index < -0.39 is 0 Å². The van der Waals surface area contributed by atoms with Crippen molar-refractivity contribution in [3.05, 3.63) is 65.4 Å². The van der Waals surface area contributed by atoms with Crippen molar-refractivity contribution >= 4 is 51.3 Å². The Bertz CT molecular complexity index is 1460. The van der Waals surface area contributed by atoms with Crippen LogP contribution in [0.3, 0.4) is 0 Å². The van der Waals surface area contributed by atoms with E-state index in [2.05, 4.69) is 73.3 Å². The lowest BCUT2D eigenvalue weighted by Gasteiger charge is -2.35. The fraction of sp³-hybridized carbons (Fsp3) is 0.345. The largest absolute Gasteiger partial charge is 0.369 e. The van der Waals surface area contributed by atoms with E-state index in [1.165, 1.54) is 18.5 Å². The summed E-state index contributed by atoms with van der Waals surface area (Å²) in [5, 5.41) is 14.9. The van der Waals surface area contributed by atoms with Crippen LogP contribution in [0.2, 0.25) is 5.02 Å². The van der Waals surface area contributed by atoms with E-state index in [0.29, 0.717) is 28.3 Å². The zero-order chi connectivity index (χ0) is 26.1. The number of hydrogen-bond donors (Lipinski definition) is 2. The molecule has 0 amide bonds. The summed E-state index contributed by atoms with van der Waals surface area (Å²) in [4.78, 5) is 19.5. The molecule has 8 nitrogen and oxygen atoms in total. The third-order valence-electron chi connectivity index (χ3n) is 7.52. The number of fused-ring (bicyclic) bond motifs is 1. The molecule has 3 heterocycles. The first-order valence-electron chi connectivity index (χ1n) is 13.3. The van der Waals surface area contributed by atoms with E-state index in [-0.39, 0.29) is 0 Å². The molecule has 0 atom stereocenters. The second kappa shape index (κ2) is 10.5. The van der Waals surface area contributed by atoms with Gasteiger partial charge in [0.15, 0.2) is 5.82 Å². The Morgan fingerprint density at radius 1 is 1.13 bits per heavy atom. The maximum absolute atomic E-state index is 9.90. The summed E-state index contributed by atoms with van der Waals surface area (Å²) in [6.07, 6.45) is 5.77. The third kappa shape index (κ3) is 5.13. The monoisotopic (exact) mass is 526 g/mol. The van der Waals surface area contributed by atoms with Gasteiger partial charge in [-0.1, -0.05) is 18.5 Å². The Balaban J connectivity index is 1.26. The van der Waals surface area contributed by atoms with E-state index in [0.717, 1.165) is 61.5 Å². The predicted molar refractivity (Wildman–Crippen MR) is 154 cm³/mol. The number of anilines is 5. The van der Waals surface area contributed by atoms with Crippen LogP contribution in [0, 0.1) is 17.2 Å². The Morgan fingerprint density at radius 3 is 2.63 bits per heavy atom. The summed E-state index contributed by atoms with van der Waals surface area (Å²) in [5.41, 5.74) is 4.51. The van der Waals surface area contributed by atoms with Crippen LogP contribution in [0.15, 0.2) is 54.9 Å². The number of nitriles is 1. The topological polar surface area (TPSA) is 87.1 Å². The quantitative estimate of drug-likeness (QED) is 0.295. The highest BCUT2D eigenvalue weighted by Crippen LogP contribution is 2.38. The molecule has 38 heavy (non-hydrogen) atoms. The molecule has 0 spiro atoms. The van der Waals surface area contributed by atoms with Gasteiger partial charge in [0.1, 0.15) is 11.6 Å². The number of piperazine rings is 1. The van der Waals surface area contributed by atoms with Crippen LogP contribution >= 0.6 is 11.6 Å². The first-order valence-corrected chi connectivity index (χ1v) is 13.6. The summed E-state index contributed by atoms with van der Waals surface area (Å²) in [5.74, 6) is 1.65. The molecule has 0 unspecified atom stereocenters. The molecule has 194 valence electrons. The summed E-state index contributed by atoms with van der Waals surface area (Å²) < 4.78 is 0. The summed E-state index contributed by atoms with van der Waals surface area (Å²) in [7, 11) is 0. The van der Waals surface area contributed by atoms with Crippen molar-refractivity contribution in [3.63, 3.8) is 0 Å². The smallest absolute Gasteiger partial charge is 0.229 e. The van der Waals surface area contributed by atoms with E-state index in [1.807, 2.05) is 12.1 Å². The standard InChI is InChI=1S/C29H31ClN8/c1-2-36-11-13-37(14-12-36)23-7-5-22(6-8-23)34-29-33-17-21(16-31)28(35-29)38(19-20-3-4-20)24-9-10-27-25(15-24)26(30)18-32-27/h5-10,15,17-18,20,32H,2-4,11-14,19H2,1H3,(H,33,34,35). The maximum Gasteiger partial charge on any atom is 0.229 e. The molecule has 1 aliphatic carbocycles. The SMILES string of the molecule is CCN1CCN(c2ccc(Nc3ncc(C#N)c(N(CC4CC4)c4ccc5[nH]cc(Cl)c5c4)n3)cc2)CC1. The zero-order valence-electron chi connectivity index (χ0n) is 21.5. The molecule has 2 aliphatic rings. The van der Waals surface area contributed by atoms with Gasteiger partial charge < -0.3 is 25.0 Å². The molecule has 2 aromatic carbocycles. The fourth-order valence-electron chi connectivity index (χ4n) is 5.04. The number of aromatic amines is 1. The van der Waals surface area contributed by atoms with Crippen molar-refractivity contribution in [1.29, 1.82) is 5.26 Å². The van der Waals surface area contributed by atoms with Gasteiger partial charge in [0.05, 0.1) is 11.2 Å².